The van der Waals surface area contributed by atoms with Gasteiger partial charge in [-0.15, -0.1) is 23.1 Å². The Bertz CT molecular complexity index is 478. The van der Waals surface area contributed by atoms with Gasteiger partial charge in [-0.3, -0.25) is 9.59 Å². The molecule has 1 aromatic rings. The molecule has 0 radical (unpaired) electrons. The van der Waals surface area contributed by atoms with Crippen molar-refractivity contribution in [3.05, 3.63) is 17.0 Å². The van der Waals surface area contributed by atoms with Crippen LogP contribution in [0.3, 0.4) is 0 Å². The number of rotatable bonds is 3. The lowest BCUT2D eigenvalue weighted by Crippen LogP contribution is -2.35. The van der Waals surface area contributed by atoms with E-state index >= 15 is 0 Å². The Hall–Kier alpha value is -1.14. The molecule has 0 saturated carbocycles. The number of carbonyl (C=O) groups excluding carboxylic acids is 3. The maximum atomic E-state index is 12.0. The van der Waals surface area contributed by atoms with Crippen LogP contribution in [-0.4, -0.2) is 29.9 Å². The highest BCUT2D eigenvalue weighted by Gasteiger charge is 2.37. The van der Waals surface area contributed by atoms with Gasteiger partial charge in [0.1, 0.15) is 5.92 Å². The summed E-state index contributed by atoms with van der Waals surface area (Å²) in [6, 6.07) is 1.69. The molecule has 0 aromatic carbocycles. The second-order valence-electron chi connectivity index (χ2n) is 3.43. The predicted molar refractivity (Wildman–Crippen MR) is 64.5 cm³/mol. The average molecular weight is 270 g/mol. The fraction of sp³-hybridized carbons (Fsp3) is 0.364. The minimum atomic E-state index is -0.912. The van der Waals surface area contributed by atoms with Crippen molar-refractivity contribution in [3.63, 3.8) is 0 Å². The molecule has 0 spiro atoms. The van der Waals surface area contributed by atoms with Crippen LogP contribution in [0.1, 0.15) is 17.3 Å². The molecule has 0 N–H and O–H groups in total. The summed E-state index contributed by atoms with van der Waals surface area (Å²) in [7, 11) is 0. The molecule has 17 heavy (non-hydrogen) atoms. The van der Waals surface area contributed by atoms with E-state index in [0.29, 0.717) is 11.3 Å². The summed E-state index contributed by atoms with van der Waals surface area (Å²) >= 11 is 2.92. The van der Waals surface area contributed by atoms with Gasteiger partial charge in [0.2, 0.25) is 0 Å². The molecule has 1 atom stereocenters. The van der Waals surface area contributed by atoms with Gasteiger partial charge >= 0.3 is 5.97 Å². The van der Waals surface area contributed by atoms with Gasteiger partial charge in [-0.05, 0) is 18.4 Å². The van der Waals surface area contributed by atoms with Gasteiger partial charge in [-0.2, -0.15) is 0 Å². The van der Waals surface area contributed by atoms with Crippen molar-refractivity contribution in [1.82, 2.24) is 0 Å². The number of hydrogen-bond acceptors (Lipinski definition) is 6. The van der Waals surface area contributed by atoms with E-state index in [1.807, 2.05) is 5.38 Å². The van der Waals surface area contributed by atoms with Crippen molar-refractivity contribution < 1.29 is 19.1 Å². The molecule has 0 aliphatic carbocycles. The Morgan fingerprint density at radius 1 is 1.53 bits per heavy atom. The van der Waals surface area contributed by atoms with Crippen LogP contribution >= 0.6 is 23.1 Å². The topological polar surface area (TPSA) is 60.4 Å². The number of esters is 1. The van der Waals surface area contributed by atoms with Gasteiger partial charge < -0.3 is 4.74 Å². The minimum Gasteiger partial charge on any atom is -0.460 e. The van der Waals surface area contributed by atoms with Gasteiger partial charge in [0.05, 0.1) is 10.8 Å². The molecule has 1 aromatic heterocycles. The normalized spacial score (nSPS) is 18.6. The van der Waals surface area contributed by atoms with Crippen molar-refractivity contribution in [2.24, 2.45) is 5.92 Å². The number of thiophene rings is 1. The first-order valence-electron chi connectivity index (χ1n) is 5.10. The zero-order valence-electron chi connectivity index (χ0n) is 9.10. The molecule has 4 nitrogen and oxygen atoms in total. The van der Waals surface area contributed by atoms with E-state index < -0.39 is 17.7 Å². The van der Waals surface area contributed by atoms with Crippen LogP contribution in [0.15, 0.2) is 15.7 Å². The van der Waals surface area contributed by atoms with E-state index in [1.54, 1.807) is 13.0 Å². The average Bonchev–Trinajstić information content (AvgIpc) is 2.78. The van der Waals surface area contributed by atoms with Crippen LogP contribution in [0.2, 0.25) is 0 Å². The third-order valence-electron chi connectivity index (χ3n) is 2.39. The van der Waals surface area contributed by atoms with Gasteiger partial charge in [0.15, 0.2) is 5.78 Å². The first kappa shape index (κ1) is 12.3. The quantitative estimate of drug-likeness (QED) is 0.476. The van der Waals surface area contributed by atoms with E-state index in [2.05, 4.69) is 4.74 Å². The monoisotopic (exact) mass is 270 g/mol. The third-order valence-corrected chi connectivity index (χ3v) is 4.72. The lowest BCUT2D eigenvalue weighted by molar-refractivity contribution is -0.154. The number of ketones is 2. The Morgan fingerprint density at radius 3 is 3.00 bits per heavy atom. The van der Waals surface area contributed by atoms with Gasteiger partial charge in [-0.1, -0.05) is 0 Å². The fourth-order valence-corrected chi connectivity index (χ4v) is 3.76. The second kappa shape index (κ2) is 5.01. The number of ether oxygens (including phenoxy) is 1. The van der Waals surface area contributed by atoms with Crippen LogP contribution in [0.5, 0.6) is 0 Å². The molecule has 0 bridgehead atoms. The van der Waals surface area contributed by atoms with Crippen LogP contribution in [0, 0.1) is 5.92 Å². The third kappa shape index (κ3) is 2.28. The highest BCUT2D eigenvalue weighted by atomic mass is 32.2. The summed E-state index contributed by atoms with van der Waals surface area (Å²) in [5.41, 5.74) is 0.550. The van der Waals surface area contributed by atoms with Crippen molar-refractivity contribution in [2.45, 2.75) is 11.1 Å². The van der Waals surface area contributed by atoms with E-state index in [1.165, 1.54) is 23.1 Å². The zero-order valence-corrected chi connectivity index (χ0v) is 10.7. The van der Waals surface area contributed by atoms with E-state index in [4.69, 9.17) is 0 Å². The number of fused-ring (bicyclic) bond motifs is 1. The van der Waals surface area contributed by atoms with Gasteiger partial charge in [-0.25, -0.2) is 4.79 Å². The summed E-state index contributed by atoms with van der Waals surface area (Å²) in [6.45, 7) is 1.77. The second-order valence-corrected chi connectivity index (χ2v) is 5.64. The molecular weight excluding hydrogens is 260 g/mol. The molecule has 1 unspecified atom stereocenters. The highest BCUT2D eigenvalue weighted by molar-refractivity contribution is 8.01. The zero-order chi connectivity index (χ0) is 12.4. The Kier molecular flexibility index (Phi) is 3.63. The summed E-state index contributed by atoms with van der Waals surface area (Å²) in [5.74, 6) is -2.48. The first-order valence-corrected chi connectivity index (χ1v) is 6.97. The molecular formula is C11H10O4S2. The van der Waals surface area contributed by atoms with E-state index in [-0.39, 0.29) is 12.4 Å². The molecule has 0 amide bonds. The molecule has 0 fully saturated rings. The SMILES string of the molecule is CCOC(=O)C(=O)C1CSc2sccc2C1=O. The highest BCUT2D eigenvalue weighted by Crippen LogP contribution is 2.37. The maximum Gasteiger partial charge on any atom is 0.375 e. The lowest BCUT2D eigenvalue weighted by Gasteiger charge is -2.18. The predicted octanol–water partition coefficient (Wildman–Crippen LogP) is 1.78. The molecule has 90 valence electrons. The van der Waals surface area contributed by atoms with Crippen molar-refractivity contribution >= 4 is 40.6 Å². The summed E-state index contributed by atoms with van der Waals surface area (Å²) in [6.07, 6.45) is 0. The largest absolute Gasteiger partial charge is 0.460 e. The standard InChI is InChI=1S/C11H10O4S2/c1-2-15-10(14)9(13)7-5-17-11-6(8(7)12)3-4-16-11/h3-4,7H,2,5H2,1H3. The molecule has 0 saturated heterocycles. The smallest absolute Gasteiger partial charge is 0.375 e. The summed E-state index contributed by atoms with van der Waals surface area (Å²) < 4.78 is 5.55. The van der Waals surface area contributed by atoms with Crippen molar-refractivity contribution in [1.29, 1.82) is 0 Å². The van der Waals surface area contributed by atoms with Gasteiger partial charge in [0.25, 0.3) is 5.78 Å². The number of carbonyl (C=O) groups is 3. The van der Waals surface area contributed by atoms with E-state index in [9.17, 15) is 14.4 Å². The van der Waals surface area contributed by atoms with Crippen LogP contribution in [0.25, 0.3) is 0 Å². The summed E-state index contributed by atoms with van der Waals surface area (Å²) in [5, 5.41) is 1.81. The van der Waals surface area contributed by atoms with Crippen molar-refractivity contribution in [3.8, 4) is 0 Å². The molecule has 6 heteroatoms. The number of thioether (sulfide) groups is 1. The first-order chi connectivity index (χ1) is 8.15. The molecule has 1 aliphatic rings. The van der Waals surface area contributed by atoms with Gasteiger partial charge in [0, 0.05) is 11.3 Å². The number of Topliss-reactive ketones (excluding diaryl/α,β-unsaturated/α-hetero) is 2. The van der Waals surface area contributed by atoms with Crippen molar-refractivity contribution in [2.75, 3.05) is 12.4 Å². The lowest BCUT2D eigenvalue weighted by atomic mass is 9.96. The Balaban J connectivity index is 2.18. The fourth-order valence-electron chi connectivity index (χ4n) is 1.55. The Morgan fingerprint density at radius 2 is 2.29 bits per heavy atom. The van der Waals surface area contributed by atoms with E-state index in [0.717, 1.165) is 4.21 Å². The number of hydrogen-bond donors (Lipinski definition) is 0. The Labute approximate surface area is 106 Å². The molecule has 2 rings (SSSR count). The molecule has 1 aliphatic heterocycles. The van der Waals surface area contributed by atoms with Crippen LogP contribution < -0.4 is 0 Å². The summed E-state index contributed by atoms with van der Waals surface area (Å²) in [4.78, 5) is 35.0. The minimum absolute atomic E-state index is 0.141. The maximum absolute atomic E-state index is 12.0. The molecule has 2 heterocycles. The van der Waals surface area contributed by atoms with Crippen LogP contribution in [0.4, 0.5) is 0 Å². The van der Waals surface area contributed by atoms with Crippen LogP contribution in [-0.2, 0) is 14.3 Å².